The molecule has 0 spiro atoms. The highest BCUT2D eigenvalue weighted by Crippen LogP contribution is 2.29. The first-order chi connectivity index (χ1) is 8.80. The van der Waals surface area contributed by atoms with Crippen LogP contribution in [0.15, 0.2) is 11.7 Å². The summed E-state index contributed by atoms with van der Waals surface area (Å²) in [5, 5.41) is 1.91. The molecule has 1 N–H and O–H groups in total. The SMILES string of the molecule is CCCCCCCCNC(=O)/C(F)=C(\F)C(F)(F)F. The molecule has 0 radical (unpaired) electrons. The van der Waals surface area contributed by atoms with Crippen molar-refractivity contribution in [3.05, 3.63) is 11.7 Å². The highest BCUT2D eigenvalue weighted by atomic mass is 19.4. The highest BCUT2D eigenvalue weighted by Gasteiger charge is 2.39. The van der Waals surface area contributed by atoms with Gasteiger partial charge in [0.25, 0.3) is 5.91 Å². The molecule has 0 aromatic carbocycles. The zero-order valence-corrected chi connectivity index (χ0v) is 10.7. The number of hydrogen-bond donors (Lipinski definition) is 1. The summed E-state index contributed by atoms with van der Waals surface area (Å²) in [6.45, 7) is 2.09. The fourth-order valence-corrected chi connectivity index (χ4v) is 1.41. The maximum absolute atomic E-state index is 12.7. The van der Waals surface area contributed by atoms with Crippen molar-refractivity contribution in [3.8, 4) is 0 Å². The fraction of sp³-hybridized carbons (Fsp3) is 0.750. The van der Waals surface area contributed by atoms with E-state index in [1.54, 1.807) is 0 Å². The molecular weight excluding hydrogens is 269 g/mol. The second-order valence-corrected chi connectivity index (χ2v) is 4.15. The summed E-state index contributed by atoms with van der Waals surface area (Å²) >= 11 is 0. The van der Waals surface area contributed by atoms with E-state index in [1.807, 2.05) is 5.32 Å². The van der Waals surface area contributed by atoms with Crippen LogP contribution in [0.4, 0.5) is 22.0 Å². The number of nitrogens with one attached hydrogen (secondary N) is 1. The van der Waals surface area contributed by atoms with Crippen LogP contribution in [0.1, 0.15) is 45.4 Å². The Balaban J connectivity index is 3.93. The van der Waals surface area contributed by atoms with Crippen molar-refractivity contribution in [2.45, 2.75) is 51.6 Å². The molecule has 0 rings (SSSR count). The van der Waals surface area contributed by atoms with Gasteiger partial charge in [0.05, 0.1) is 0 Å². The summed E-state index contributed by atoms with van der Waals surface area (Å²) in [5.41, 5.74) is 0. The first-order valence-corrected chi connectivity index (χ1v) is 6.21. The van der Waals surface area contributed by atoms with Crippen LogP contribution in [-0.2, 0) is 4.79 Å². The van der Waals surface area contributed by atoms with E-state index >= 15 is 0 Å². The minimum atomic E-state index is -5.47. The molecule has 0 fully saturated rings. The summed E-state index contributed by atoms with van der Waals surface area (Å²) in [6, 6.07) is 0. The van der Waals surface area contributed by atoms with Crippen molar-refractivity contribution in [2.24, 2.45) is 0 Å². The number of rotatable bonds is 8. The molecule has 19 heavy (non-hydrogen) atoms. The molecule has 0 unspecified atom stereocenters. The number of allylic oxidation sites excluding steroid dienone is 1. The second kappa shape index (κ2) is 8.87. The summed E-state index contributed by atoms with van der Waals surface area (Å²) in [5.74, 6) is -7.07. The summed E-state index contributed by atoms with van der Waals surface area (Å²) in [6.07, 6.45) is 0.00957. The third-order valence-corrected chi connectivity index (χ3v) is 2.46. The largest absolute Gasteiger partial charge is 0.446 e. The van der Waals surface area contributed by atoms with Crippen LogP contribution in [0.2, 0.25) is 0 Å². The van der Waals surface area contributed by atoms with E-state index in [4.69, 9.17) is 0 Å². The van der Waals surface area contributed by atoms with Crippen molar-refractivity contribution in [2.75, 3.05) is 6.54 Å². The van der Waals surface area contributed by atoms with Crippen molar-refractivity contribution >= 4 is 5.91 Å². The van der Waals surface area contributed by atoms with Crippen LogP contribution < -0.4 is 5.32 Å². The van der Waals surface area contributed by atoms with Crippen LogP contribution in [0, 0.1) is 0 Å². The molecule has 0 heterocycles. The fourth-order valence-electron chi connectivity index (χ4n) is 1.41. The van der Waals surface area contributed by atoms with E-state index in [-0.39, 0.29) is 6.54 Å². The molecule has 0 saturated heterocycles. The van der Waals surface area contributed by atoms with Crippen LogP contribution >= 0.6 is 0 Å². The average molecular weight is 287 g/mol. The normalized spacial score (nSPS) is 13.2. The second-order valence-electron chi connectivity index (χ2n) is 4.15. The number of alkyl halides is 3. The lowest BCUT2D eigenvalue weighted by atomic mass is 10.1. The van der Waals surface area contributed by atoms with Gasteiger partial charge in [-0.2, -0.15) is 22.0 Å². The maximum Gasteiger partial charge on any atom is 0.446 e. The molecule has 112 valence electrons. The van der Waals surface area contributed by atoms with Gasteiger partial charge in [-0.25, -0.2) is 0 Å². The lowest BCUT2D eigenvalue weighted by Gasteiger charge is -2.06. The predicted octanol–water partition coefficient (Wildman–Crippen LogP) is 4.18. The van der Waals surface area contributed by atoms with E-state index < -0.39 is 23.7 Å². The minimum Gasteiger partial charge on any atom is -0.350 e. The van der Waals surface area contributed by atoms with E-state index in [9.17, 15) is 26.7 Å². The Bertz CT molecular complexity index is 312. The lowest BCUT2D eigenvalue weighted by molar-refractivity contribution is -0.124. The van der Waals surface area contributed by atoms with Gasteiger partial charge in [-0.05, 0) is 6.42 Å². The molecule has 0 aliphatic heterocycles. The van der Waals surface area contributed by atoms with Crippen molar-refractivity contribution in [1.82, 2.24) is 5.32 Å². The van der Waals surface area contributed by atoms with Gasteiger partial charge in [-0.1, -0.05) is 39.0 Å². The monoisotopic (exact) mass is 287 g/mol. The zero-order valence-electron chi connectivity index (χ0n) is 10.7. The average Bonchev–Trinajstić information content (AvgIpc) is 2.34. The molecule has 0 aromatic rings. The molecule has 7 heteroatoms. The van der Waals surface area contributed by atoms with Crippen molar-refractivity contribution in [1.29, 1.82) is 0 Å². The summed E-state index contributed by atoms with van der Waals surface area (Å²) in [7, 11) is 0. The first-order valence-electron chi connectivity index (χ1n) is 6.21. The van der Waals surface area contributed by atoms with E-state index in [0.717, 1.165) is 32.1 Å². The highest BCUT2D eigenvalue weighted by molar-refractivity contribution is 5.91. The molecule has 0 aliphatic rings. The number of unbranched alkanes of at least 4 members (excludes halogenated alkanes) is 5. The predicted molar refractivity (Wildman–Crippen MR) is 61.7 cm³/mol. The number of carbonyl (C=O) groups is 1. The van der Waals surface area contributed by atoms with Gasteiger partial charge < -0.3 is 5.32 Å². The van der Waals surface area contributed by atoms with Gasteiger partial charge in [0.15, 0.2) is 0 Å². The molecule has 0 aromatic heterocycles. The van der Waals surface area contributed by atoms with Gasteiger partial charge >= 0.3 is 6.18 Å². The molecule has 0 aliphatic carbocycles. The lowest BCUT2D eigenvalue weighted by Crippen LogP contribution is -2.27. The summed E-state index contributed by atoms with van der Waals surface area (Å²) in [4.78, 5) is 10.9. The van der Waals surface area contributed by atoms with Crippen molar-refractivity contribution < 1.29 is 26.7 Å². The molecule has 0 bridgehead atoms. The molecule has 2 nitrogen and oxygen atoms in total. The quantitative estimate of drug-likeness (QED) is 0.405. The van der Waals surface area contributed by atoms with E-state index in [1.165, 1.54) is 0 Å². The minimum absolute atomic E-state index is 0.0313. The van der Waals surface area contributed by atoms with Crippen LogP contribution in [-0.4, -0.2) is 18.6 Å². The molecule has 0 saturated carbocycles. The Morgan fingerprint density at radius 3 is 2.05 bits per heavy atom. The molecular formula is C12H18F5NO. The van der Waals surface area contributed by atoms with Crippen LogP contribution in [0.5, 0.6) is 0 Å². The molecule has 1 amide bonds. The van der Waals surface area contributed by atoms with E-state index in [2.05, 4.69) is 6.92 Å². The van der Waals surface area contributed by atoms with Gasteiger partial charge in [-0.3, -0.25) is 4.79 Å². The third-order valence-electron chi connectivity index (χ3n) is 2.46. The van der Waals surface area contributed by atoms with Gasteiger partial charge in [0.2, 0.25) is 11.7 Å². The Kier molecular flexibility index (Phi) is 8.34. The van der Waals surface area contributed by atoms with Gasteiger partial charge in [0, 0.05) is 6.54 Å². The van der Waals surface area contributed by atoms with Gasteiger partial charge in [-0.15, -0.1) is 0 Å². The first kappa shape index (κ1) is 17.9. The topological polar surface area (TPSA) is 29.1 Å². The Morgan fingerprint density at radius 1 is 1.00 bits per heavy atom. The van der Waals surface area contributed by atoms with Crippen LogP contribution in [0.3, 0.4) is 0 Å². The standard InChI is InChI=1S/C12H18F5NO/c1-2-3-4-5-6-7-8-18-11(19)9(13)10(14)12(15,16)17/h2-8H2,1H3,(H,18,19)/b10-9+. The maximum atomic E-state index is 12.7. The van der Waals surface area contributed by atoms with Crippen molar-refractivity contribution in [3.63, 3.8) is 0 Å². The number of hydrogen-bond acceptors (Lipinski definition) is 1. The number of halogens is 5. The third kappa shape index (κ3) is 7.79. The summed E-state index contributed by atoms with van der Waals surface area (Å²) < 4.78 is 60.4. The number of carbonyl (C=O) groups excluding carboxylic acids is 1. The Labute approximate surface area is 109 Å². The zero-order chi connectivity index (χ0) is 14.9. The van der Waals surface area contributed by atoms with Crippen LogP contribution in [0.25, 0.3) is 0 Å². The van der Waals surface area contributed by atoms with E-state index in [0.29, 0.717) is 6.42 Å². The number of amides is 1. The smallest absolute Gasteiger partial charge is 0.350 e. The Morgan fingerprint density at radius 2 is 1.53 bits per heavy atom. The van der Waals surface area contributed by atoms with Gasteiger partial charge in [0.1, 0.15) is 0 Å². The Hall–Kier alpha value is -1.14. The molecule has 0 atom stereocenters.